The van der Waals surface area contributed by atoms with Gasteiger partial charge in [-0.15, -0.1) is 0 Å². The van der Waals surface area contributed by atoms with Crippen molar-refractivity contribution in [1.82, 2.24) is 4.90 Å². The molecule has 0 unspecified atom stereocenters. The van der Waals surface area contributed by atoms with Crippen LogP contribution in [-0.4, -0.2) is 61.6 Å². The summed E-state index contributed by atoms with van der Waals surface area (Å²) in [6, 6.07) is 4.85. The predicted octanol–water partition coefficient (Wildman–Crippen LogP) is 4.49. The number of methoxy groups -OCH3 is 3. The van der Waals surface area contributed by atoms with Crippen LogP contribution < -0.4 is 4.74 Å². The van der Waals surface area contributed by atoms with Gasteiger partial charge >= 0.3 is 24.1 Å². The fourth-order valence-corrected chi connectivity index (χ4v) is 2.72. The molecule has 10 heteroatoms. The number of carbonyl (C=O) groups excluding carboxylic acids is 4. The minimum Gasteiger partial charge on any atom is -0.497 e. The van der Waals surface area contributed by atoms with E-state index in [1.165, 1.54) is 27.4 Å². The Labute approximate surface area is 206 Å². The number of nitrogens with zero attached hydrogens (tertiary/aromatic N) is 1. The quantitative estimate of drug-likeness (QED) is 0.308. The first kappa shape index (κ1) is 29.5. The van der Waals surface area contributed by atoms with Gasteiger partial charge in [0.1, 0.15) is 17.0 Å². The summed E-state index contributed by atoms with van der Waals surface area (Å²) in [5.41, 5.74) is -0.855. The number of imide groups is 1. The molecule has 0 aliphatic heterocycles. The van der Waals surface area contributed by atoms with Gasteiger partial charge in [0.25, 0.3) is 0 Å². The lowest BCUT2D eigenvalue weighted by Gasteiger charge is -2.29. The van der Waals surface area contributed by atoms with Gasteiger partial charge in [0.05, 0.1) is 34.3 Å². The monoisotopic (exact) mass is 493 g/mol. The second kappa shape index (κ2) is 12.2. The largest absolute Gasteiger partial charge is 0.497 e. The first-order valence-electron chi connectivity index (χ1n) is 10.9. The maximum atomic E-state index is 12.9. The van der Waals surface area contributed by atoms with Crippen molar-refractivity contribution in [3.63, 3.8) is 0 Å². The summed E-state index contributed by atoms with van der Waals surface area (Å²) in [6.45, 7) is 9.78. The van der Waals surface area contributed by atoms with Crippen LogP contribution in [0, 0.1) is 0 Å². The average Bonchev–Trinajstić information content (AvgIpc) is 2.74. The Morgan fingerprint density at radius 3 is 1.83 bits per heavy atom. The van der Waals surface area contributed by atoms with Gasteiger partial charge in [0, 0.05) is 5.57 Å². The third-order valence-electron chi connectivity index (χ3n) is 4.25. The molecule has 1 aromatic rings. The van der Waals surface area contributed by atoms with E-state index in [1.54, 1.807) is 59.7 Å². The van der Waals surface area contributed by atoms with Gasteiger partial charge in [-0.1, -0.05) is 6.07 Å². The molecule has 0 heterocycles. The van der Waals surface area contributed by atoms with Gasteiger partial charge in [-0.05, 0) is 70.9 Å². The van der Waals surface area contributed by atoms with Crippen molar-refractivity contribution in [2.24, 2.45) is 0 Å². The first-order valence-corrected chi connectivity index (χ1v) is 10.9. The van der Waals surface area contributed by atoms with Crippen molar-refractivity contribution in [3.8, 4) is 5.75 Å². The van der Waals surface area contributed by atoms with Gasteiger partial charge < -0.3 is 23.7 Å². The highest BCUT2D eigenvalue weighted by Crippen LogP contribution is 2.25. The summed E-state index contributed by atoms with van der Waals surface area (Å²) in [4.78, 5) is 50.8. The fourth-order valence-electron chi connectivity index (χ4n) is 2.72. The maximum absolute atomic E-state index is 12.9. The summed E-state index contributed by atoms with van der Waals surface area (Å²) in [7, 11) is 3.86. The van der Waals surface area contributed by atoms with Gasteiger partial charge in [0.15, 0.2) is 0 Å². The van der Waals surface area contributed by atoms with Crippen molar-refractivity contribution in [3.05, 3.63) is 34.9 Å². The summed E-state index contributed by atoms with van der Waals surface area (Å²) in [5, 5.41) is 0. The van der Waals surface area contributed by atoms with E-state index < -0.39 is 35.3 Å². The highest BCUT2D eigenvalue weighted by atomic mass is 16.6. The Morgan fingerprint density at radius 1 is 0.857 bits per heavy atom. The molecule has 0 aliphatic carbocycles. The number of esters is 2. The van der Waals surface area contributed by atoms with Crippen molar-refractivity contribution >= 4 is 30.2 Å². The highest BCUT2D eigenvalue weighted by molar-refractivity contribution is 5.98. The van der Waals surface area contributed by atoms with Crippen LogP contribution in [0.1, 0.15) is 59.1 Å². The van der Waals surface area contributed by atoms with E-state index in [-0.39, 0.29) is 18.5 Å². The molecule has 0 spiro atoms. The summed E-state index contributed by atoms with van der Waals surface area (Å²) >= 11 is 0. The molecule has 0 atom stereocenters. The standard InChI is InChI=1S/C25H35NO9/c1-24(2,3)34-22(29)26(23(30)35-25(4,5)6)15-18-13-19(31-7)11-10-16(18)12-17(21(28)33-9)14-20(27)32-8/h10-13H,14-15H2,1-9H3/b17-12+. The minimum absolute atomic E-state index is 0.0202. The summed E-state index contributed by atoms with van der Waals surface area (Å²) in [6.07, 6.45) is -0.726. The molecule has 35 heavy (non-hydrogen) atoms. The molecule has 0 saturated carbocycles. The van der Waals surface area contributed by atoms with E-state index in [2.05, 4.69) is 4.74 Å². The highest BCUT2D eigenvalue weighted by Gasteiger charge is 2.32. The lowest BCUT2D eigenvalue weighted by Crippen LogP contribution is -2.43. The molecule has 1 rings (SSSR count). The molecule has 2 amide bonds. The number of rotatable bonds is 7. The van der Waals surface area contributed by atoms with E-state index in [9.17, 15) is 19.2 Å². The van der Waals surface area contributed by atoms with Crippen molar-refractivity contribution < 1.29 is 42.9 Å². The molecule has 0 aliphatic rings. The zero-order valence-electron chi connectivity index (χ0n) is 21.8. The van der Waals surface area contributed by atoms with Crippen molar-refractivity contribution in [2.75, 3.05) is 21.3 Å². The molecule has 0 N–H and O–H groups in total. The van der Waals surface area contributed by atoms with Crippen LogP contribution in [0.4, 0.5) is 9.59 Å². The van der Waals surface area contributed by atoms with Crippen molar-refractivity contribution in [2.45, 2.75) is 65.7 Å². The van der Waals surface area contributed by atoms with Gasteiger partial charge in [-0.3, -0.25) is 4.79 Å². The normalized spacial score (nSPS) is 11.9. The summed E-state index contributed by atoms with van der Waals surface area (Å²) < 4.78 is 25.6. The SMILES string of the molecule is COC(=O)C/C(=C\c1ccc(OC)cc1CN(C(=O)OC(C)(C)C)C(=O)OC(C)(C)C)C(=O)OC. The molecule has 0 radical (unpaired) electrons. The topological polar surface area (TPSA) is 118 Å². The smallest absolute Gasteiger partial charge is 0.420 e. The molecular weight excluding hydrogens is 458 g/mol. The van der Waals surface area contributed by atoms with Crippen molar-refractivity contribution in [1.29, 1.82) is 0 Å². The van der Waals surface area contributed by atoms with Crippen LogP contribution in [0.15, 0.2) is 23.8 Å². The number of carbonyl (C=O) groups is 4. The molecule has 0 saturated heterocycles. The molecule has 1 aromatic carbocycles. The number of hydrogen-bond donors (Lipinski definition) is 0. The third kappa shape index (κ3) is 10.1. The van der Waals surface area contributed by atoms with Crippen LogP contribution in [0.2, 0.25) is 0 Å². The Bertz CT molecular complexity index is 940. The lowest BCUT2D eigenvalue weighted by atomic mass is 10.0. The van der Waals surface area contributed by atoms with E-state index in [4.69, 9.17) is 18.9 Å². The van der Waals surface area contributed by atoms with Gasteiger partial charge in [0.2, 0.25) is 0 Å². The molecule has 0 aromatic heterocycles. The number of ether oxygens (including phenoxy) is 5. The molecular formula is C25H35NO9. The Morgan fingerprint density at radius 2 is 1.40 bits per heavy atom. The van der Waals surface area contributed by atoms with E-state index in [0.29, 0.717) is 16.9 Å². The molecule has 0 bridgehead atoms. The molecule has 10 nitrogen and oxygen atoms in total. The van der Waals surface area contributed by atoms with Gasteiger partial charge in [-0.2, -0.15) is 0 Å². The fraction of sp³-hybridized carbons (Fsp3) is 0.520. The van der Waals surface area contributed by atoms with Crippen LogP contribution >= 0.6 is 0 Å². The van der Waals surface area contributed by atoms with E-state index >= 15 is 0 Å². The minimum atomic E-state index is -0.910. The van der Waals surface area contributed by atoms with E-state index in [1.807, 2.05) is 0 Å². The van der Waals surface area contributed by atoms with Crippen LogP contribution in [-0.2, 0) is 35.1 Å². The molecule has 194 valence electrons. The first-order chi connectivity index (χ1) is 16.1. The zero-order chi connectivity index (χ0) is 27.0. The second-order valence-electron chi connectivity index (χ2n) is 9.53. The number of amides is 2. The molecule has 0 fully saturated rings. The zero-order valence-corrected chi connectivity index (χ0v) is 21.8. The number of benzene rings is 1. The lowest BCUT2D eigenvalue weighted by molar-refractivity contribution is -0.143. The van der Waals surface area contributed by atoms with Crippen LogP contribution in [0.25, 0.3) is 6.08 Å². The van der Waals surface area contributed by atoms with Crippen LogP contribution in [0.5, 0.6) is 5.75 Å². The average molecular weight is 494 g/mol. The third-order valence-corrected chi connectivity index (χ3v) is 4.25. The van der Waals surface area contributed by atoms with Crippen LogP contribution in [0.3, 0.4) is 0 Å². The second-order valence-corrected chi connectivity index (χ2v) is 9.53. The maximum Gasteiger partial charge on any atom is 0.420 e. The van der Waals surface area contributed by atoms with Gasteiger partial charge in [-0.25, -0.2) is 19.3 Å². The Kier molecular flexibility index (Phi) is 10.3. The Balaban J connectivity index is 3.57. The predicted molar refractivity (Wildman–Crippen MR) is 128 cm³/mol. The number of hydrogen-bond acceptors (Lipinski definition) is 9. The summed E-state index contributed by atoms with van der Waals surface area (Å²) in [5.74, 6) is -0.924. The Hall–Kier alpha value is -3.56. The van der Waals surface area contributed by atoms with E-state index in [0.717, 1.165) is 4.90 Å².